The summed E-state index contributed by atoms with van der Waals surface area (Å²) in [5, 5.41) is 0. The predicted octanol–water partition coefficient (Wildman–Crippen LogP) is 3.88. The van der Waals surface area contributed by atoms with Gasteiger partial charge in [-0.15, -0.1) is 0 Å². The fourth-order valence-electron chi connectivity index (χ4n) is 1.37. The maximum absolute atomic E-state index is 9.93. The Kier molecular flexibility index (Phi) is 10.9. The molecule has 0 aliphatic rings. The van der Waals surface area contributed by atoms with Gasteiger partial charge >= 0.3 is 0 Å². The predicted molar refractivity (Wildman–Crippen MR) is 57.8 cm³/mol. The van der Waals surface area contributed by atoms with E-state index in [2.05, 4.69) is 6.92 Å². The second-order valence-corrected chi connectivity index (χ2v) is 3.47. The molecular formula is C12H22O. The first-order valence-corrected chi connectivity index (χ1v) is 5.52. The molecule has 76 valence electrons. The molecule has 0 spiro atoms. The minimum absolute atomic E-state index is 0.848. The highest BCUT2D eigenvalue weighted by atomic mass is 16.1. The molecule has 0 aliphatic heterocycles. The summed E-state index contributed by atoms with van der Waals surface area (Å²) in [4.78, 5) is 9.93. The van der Waals surface area contributed by atoms with Crippen LogP contribution in [0.2, 0.25) is 0 Å². The van der Waals surface area contributed by atoms with Crippen LogP contribution in [0.4, 0.5) is 0 Å². The van der Waals surface area contributed by atoms with Gasteiger partial charge in [0.2, 0.25) is 0 Å². The van der Waals surface area contributed by atoms with Crippen molar-refractivity contribution < 1.29 is 4.79 Å². The van der Waals surface area contributed by atoms with E-state index in [9.17, 15) is 4.79 Å². The summed E-state index contributed by atoms with van der Waals surface area (Å²) in [7, 11) is 0. The molecule has 13 heavy (non-hydrogen) atoms. The van der Waals surface area contributed by atoms with Crippen LogP contribution in [-0.4, -0.2) is 6.29 Å². The third-order valence-corrected chi connectivity index (χ3v) is 2.19. The van der Waals surface area contributed by atoms with Gasteiger partial charge in [0.05, 0.1) is 0 Å². The summed E-state index contributed by atoms with van der Waals surface area (Å²) in [6.45, 7) is 2.24. The van der Waals surface area contributed by atoms with Crippen molar-refractivity contribution in [1.82, 2.24) is 0 Å². The molecule has 0 N–H and O–H groups in total. The van der Waals surface area contributed by atoms with Crippen LogP contribution in [0.1, 0.15) is 58.3 Å². The third kappa shape index (κ3) is 11.4. The average molecular weight is 182 g/mol. The summed E-state index contributed by atoms with van der Waals surface area (Å²) >= 11 is 0. The smallest absolute Gasteiger partial charge is 0.142 e. The van der Waals surface area contributed by atoms with E-state index in [0.717, 1.165) is 12.7 Å². The molecule has 0 heterocycles. The van der Waals surface area contributed by atoms with Crippen molar-refractivity contribution in [1.29, 1.82) is 0 Å². The molecule has 0 rings (SSSR count). The van der Waals surface area contributed by atoms with Gasteiger partial charge in [-0.25, -0.2) is 0 Å². The molecule has 0 bridgehead atoms. The second kappa shape index (κ2) is 11.4. The molecule has 0 radical (unpaired) electrons. The Hall–Kier alpha value is -0.590. The van der Waals surface area contributed by atoms with E-state index in [0.29, 0.717) is 0 Å². The number of rotatable bonds is 9. The highest BCUT2D eigenvalue weighted by Gasteiger charge is 1.88. The van der Waals surface area contributed by atoms with Crippen molar-refractivity contribution in [2.45, 2.75) is 58.3 Å². The van der Waals surface area contributed by atoms with E-state index in [1.165, 1.54) is 44.9 Å². The third-order valence-electron chi connectivity index (χ3n) is 2.19. The van der Waals surface area contributed by atoms with E-state index < -0.39 is 0 Å². The molecule has 0 amide bonds. The number of carbonyl (C=O) groups is 1. The number of unbranched alkanes of at least 4 members (excludes halogenated alkanes) is 7. The fourth-order valence-corrected chi connectivity index (χ4v) is 1.37. The van der Waals surface area contributed by atoms with E-state index in [-0.39, 0.29) is 0 Å². The van der Waals surface area contributed by atoms with Gasteiger partial charge in [-0.1, -0.05) is 51.5 Å². The first kappa shape index (κ1) is 12.4. The number of hydrogen-bond donors (Lipinski definition) is 0. The van der Waals surface area contributed by atoms with Crippen molar-refractivity contribution in [3.63, 3.8) is 0 Å². The quantitative estimate of drug-likeness (QED) is 0.300. The van der Waals surface area contributed by atoms with Crippen LogP contribution in [0, 0.1) is 0 Å². The molecule has 1 heteroatoms. The van der Waals surface area contributed by atoms with Crippen molar-refractivity contribution in [2.75, 3.05) is 0 Å². The Morgan fingerprint density at radius 2 is 1.54 bits per heavy atom. The largest absolute Gasteiger partial charge is 0.299 e. The molecular weight excluding hydrogens is 160 g/mol. The molecule has 0 saturated carbocycles. The minimum atomic E-state index is 0.848. The Labute approximate surface area is 82.2 Å². The highest BCUT2D eigenvalue weighted by Crippen LogP contribution is 2.08. The number of allylic oxidation sites excluding steroid dienone is 2. The number of aldehydes is 1. The van der Waals surface area contributed by atoms with Crippen LogP contribution < -0.4 is 0 Å². The zero-order chi connectivity index (χ0) is 9.78. The lowest BCUT2D eigenvalue weighted by molar-refractivity contribution is -0.104. The van der Waals surface area contributed by atoms with Gasteiger partial charge in [-0.2, -0.15) is 0 Å². The van der Waals surface area contributed by atoms with Crippen LogP contribution in [0.15, 0.2) is 12.2 Å². The topological polar surface area (TPSA) is 17.1 Å². The Morgan fingerprint density at radius 1 is 0.923 bits per heavy atom. The molecule has 0 aliphatic carbocycles. The molecule has 0 aromatic rings. The fraction of sp³-hybridized carbons (Fsp3) is 0.750. The van der Waals surface area contributed by atoms with Crippen molar-refractivity contribution >= 4 is 6.29 Å². The molecule has 0 atom stereocenters. The molecule has 0 aromatic carbocycles. The SMILES string of the molecule is CCCCCCCCCC=CC=O. The van der Waals surface area contributed by atoms with Gasteiger partial charge in [0.1, 0.15) is 6.29 Å². The lowest BCUT2D eigenvalue weighted by Crippen LogP contribution is -1.78. The van der Waals surface area contributed by atoms with Gasteiger partial charge in [0.25, 0.3) is 0 Å². The van der Waals surface area contributed by atoms with E-state index in [1.807, 2.05) is 6.08 Å². The van der Waals surface area contributed by atoms with E-state index in [4.69, 9.17) is 0 Å². The van der Waals surface area contributed by atoms with Gasteiger partial charge in [0.15, 0.2) is 0 Å². The van der Waals surface area contributed by atoms with Gasteiger partial charge in [0, 0.05) is 0 Å². The monoisotopic (exact) mass is 182 g/mol. The van der Waals surface area contributed by atoms with Crippen LogP contribution >= 0.6 is 0 Å². The summed E-state index contributed by atoms with van der Waals surface area (Å²) in [5.74, 6) is 0. The summed E-state index contributed by atoms with van der Waals surface area (Å²) in [6, 6.07) is 0. The lowest BCUT2D eigenvalue weighted by atomic mass is 10.1. The standard InChI is InChI=1S/C12H22O/c1-2-3-4-5-6-7-8-9-10-11-12-13/h10-12H,2-9H2,1H3. The zero-order valence-electron chi connectivity index (χ0n) is 8.80. The van der Waals surface area contributed by atoms with Crippen LogP contribution in [0.5, 0.6) is 0 Å². The molecule has 0 fully saturated rings. The number of carbonyl (C=O) groups excluding carboxylic acids is 1. The number of hydrogen-bond acceptors (Lipinski definition) is 1. The summed E-state index contributed by atoms with van der Waals surface area (Å²) < 4.78 is 0. The maximum atomic E-state index is 9.93. The molecule has 1 nitrogen and oxygen atoms in total. The van der Waals surface area contributed by atoms with Crippen molar-refractivity contribution in [2.24, 2.45) is 0 Å². The zero-order valence-corrected chi connectivity index (χ0v) is 8.80. The first-order valence-electron chi connectivity index (χ1n) is 5.52. The first-order chi connectivity index (χ1) is 6.41. The summed E-state index contributed by atoms with van der Waals surface area (Å²) in [5.41, 5.74) is 0. The Bertz CT molecular complexity index is 127. The lowest BCUT2D eigenvalue weighted by Gasteiger charge is -1.98. The van der Waals surface area contributed by atoms with Crippen LogP contribution in [0.3, 0.4) is 0 Å². The maximum Gasteiger partial charge on any atom is 0.142 e. The van der Waals surface area contributed by atoms with Crippen LogP contribution in [-0.2, 0) is 4.79 Å². The molecule has 0 saturated heterocycles. The van der Waals surface area contributed by atoms with Gasteiger partial charge in [-0.3, -0.25) is 4.79 Å². The van der Waals surface area contributed by atoms with Crippen LogP contribution in [0.25, 0.3) is 0 Å². The summed E-state index contributed by atoms with van der Waals surface area (Å²) in [6.07, 6.45) is 14.8. The highest BCUT2D eigenvalue weighted by molar-refractivity contribution is 5.64. The van der Waals surface area contributed by atoms with Gasteiger partial charge in [-0.05, 0) is 18.9 Å². The van der Waals surface area contributed by atoms with Gasteiger partial charge < -0.3 is 0 Å². The normalized spacial score (nSPS) is 10.8. The van der Waals surface area contributed by atoms with E-state index in [1.54, 1.807) is 6.08 Å². The molecule has 0 unspecified atom stereocenters. The van der Waals surface area contributed by atoms with Crippen molar-refractivity contribution in [3.05, 3.63) is 12.2 Å². The minimum Gasteiger partial charge on any atom is -0.299 e. The average Bonchev–Trinajstić information content (AvgIpc) is 2.16. The van der Waals surface area contributed by atoms with E-state index >= 15 is 0 Å². The Morgan fingerprint density at radius 3 is 2.15 bits per heavy atom. The molecule has 0 aromatic heterocycles. The second-order valence-electron chi connectivity index (χ2n) is 3.47. The Balaban J connectivity index is 2.91. The van der Waals surface area contributed by atoms with Crippen molar-refractivity contribution in [3.8, 4) is 0 Å².